The summed E-state index contributed by atoms with van der Waals surface area (Å²) < 4.78 is 9.29. The van der Waals surface area contributed by atoms with Crippen molar-refractivity contribution in [1.29, 1.82) is 0 Å². The Bertz CT molecular complexity index is 3420. The lowest BCUT2D eigenvalue weighted by molar-refractivity contribution is -0.160. The van der Waals surface area contributed by atoms with Crippen molar-refractivity contribution < 1.29 is 23.9 Å². The van der Waals surface area contributed by atoms with Crippen molar-refractivity contribution >= 4 is 79.0 Å². The molecule has 0 spiro atoms. The van der Waals surface area contributed by atoms with Crippen molar-refractivity contribution in [3.8, 4) is 0 Å². The first-order valence-corrected chi connectivity index (χ1v) is 20.8. The number of pyridine rings is 1. The largest absolute Gasteiger partial charge is 0.393 e. The molecule has 0 saturated carbocycles. The van der Waals surface area contributed by atoms with Gasteiger partial charge in [-0.2, -0.15) is 0 Å². The Balaban J connectivity index is 0.886. The Hall–Kier alpha value is -8.91. The minimum atomic E-state index is -0.737. The van der Waals surface area contributed by atoms with Crippen LogP contribution in [0.3, 0.4) is 0 Å². The highest BCUT2D eigenvalue weighted by Crippen LogP contribution is 2.32. The van der Waals surface area contributed by atoms with Crippen LogP contribution in [0.15, 0.2) is 177 Å². The number of fused-ring (bicyclic) bond motifs is 4. The SMILES string of the molecule is O=C(CC(c1ccccc1)n1cnc2ccc(NC(=O)c3cnc4ccccc4n3)cc21)OC(=O)CC(c1ccccc1)n1cnc2ccc(NC(=O)c3nccc4ccccc34)cc21. The number of esters is 2. The van der Waals surface area contributed by atoms with E-state index in [1.165, 1.54) is 6.20 Å². The highest BCUT2D eigenvalue weighted by atomic mass is 16.6. The first kappa shape index (κ1) is 40.2. The zero-order chi connectivity index (χ0) is 44.3. The summed E-state index contributed by atoms with van der Waals surface area (Å²) in [7, 11) is 0. The smallest absolute Gasteiger partial charge is 0.315 e. The van der Waals surface area contributed by atoms with Gasteiger partial charge in [-0.15, -0.1) is 0 Å². The molecule has 14 heteroatoms. The number of para-hydroxylation sites is 2. The number of anilines is 2. The molecule has 0 aliphatic carbocycles. The second-order valence-corrected chi connectivity index (χ2v) is 15.4. The lowest BCUT2D eigenvalue weighted by Crippen LogP contribution is -2.22. The second-order valence-electron chi connectivity index (χ2n) is 15.4. The van der Waals surface area contributed by atoms with Crippen molar-refractivity contribution in [2.45, 2.75) is 24.9 Å². The molecule has 0 saturated heterocycles. The molecule has 2 unspecified atom stereocenters. The molecule has 14 nitrogen and oxygen atoms in total. The molecule has 2 N–H and O–H groups in total. The monoisotopic (exact) mass is 855 g/mol. The molecule has 2 atom stereocenters. The highest BCUT2D eigenvalue weighted by molar-refractivity contribution is 6.11. The highest BCUT2D eigenvalue weighted by Gasteiger charge is 2.27. The third kappa shape index (κ3) is 8.38. The van der Waals surface area contributed by atoms with Crippen molar-refractivity contribution in [2.24, 2.45) is 0 Å². The second kappa shape index (κ2) is 17.5. The first-order chi connectivity index (χ1) is 31.8. The maximum atomic E-state index is 13.9. The van der Waals surface area contributed by atoms with E-state index in [0.29, 0.717) is 50.2 Å². The molecule has 10 aromatic rings. The number of hydrogen-bond acceptors (Lipinski definition) is 10. The van der Waals surface area contributed by atoms with Crippen molar-refractivity contribution in [1.82, 2.24) is 34.1 Å². The molecule has 4 heterocycles. The van der Waals surface area contributed by atoms with Crippen LogP contribution in [0.4, 0.5) is 11.4 Å². The summed E-state index contributed by atoms with van der Waals surface area (Å²) >= 11 is 0. The van der Waals surface area contributed by atoms with Crippen LogP contribution in [0.1, 0.15) is 57.0 Å². The van der Waals surface area contributed by atoms with Gasteiger partial charge in [-0.3, -0.25) is 29.1 Å². The number of nitrogens with one attached hydrogen (secondary N) is 2. The van der Waals surface area contributed by atoms with Crippen LogP contribution >= 0.6 is 0 Å². The molecule has 4 aromatic heterocycles. The van der Waals surface area contributed by atoms with Crippen LogP contribution in [0.5, 0.6) is 0 Å². The third-order valence-corrected chi connectivity index (χ3v) is 11.2. The Labute approximate surface area is 370 Å². The summed E-state index contributed by atoms with van der Waals surface area (Å²) in [6, 6.07) is 44.9. The Morgan fingerprint density at radius 3 is 1.68 bits per heavy atom. The third-order valence-electron chi connectivity index (χ3n) is 11.2. The molecule has 316 valence electrons. The van der Waals surface area contributed by atoms with Gasteiger partial charge in [-0.25, -0.2) is 15.0 Å². The molecule has 0 radical (unpaired) electrons. The zero-order valence-corrected chi connectivity index (χ0v) is 34.5. The average Bonchev–Trinajstić information content (AvgIpc) is 3.96. The van der Waals surface area contributed by atoms with E-state index in [-0.39, 0.29) is 24.4 Å². The van der Waals surface area contributed by atoms with Gasteiger partial charge in [0.15, 0.2) is 0 Å². The topological polar surface area (TPSA) is 176 Å². The number of carbonyl (C=O) groups excluding carboxylic acids is 4. The molecule has 65 heavy (non-hydrogen) atoms. The summed E-state index contributed by atoms with van der Waals surface area (Å²) in [5.74, 6) is -2.28. The van der Waals surface area contributed by atoms with Crippen LogP contribution in [-0.4, -0.2) is 57.8 Å². The van der Waals surface area contributed by atoms with Crippen molar-refractivity contribution in [3.05, 3.63) is 199 Å². The molecule has 6 aromatic carbocycles. The first-order valence-electron chi connectivity index (χ1n) is 20.8. The number of rotatable bonds is 12. The lowest BCUT2D eigenvalue weighted by atomic mass is 10.0. The van der Waals surface area contributed by atoms with E-state index in [1.807, 2.05) is 118 Å². The molecule has 0 aliphatic heterocycles. The van der Waals surface area contributed by atoms with Gasteiger partial charge in [0.2, 0.25) is 0 Å². The molecule has 0 aliphatic rings. The van der Waals surface area contributed by atoms with Crippen molar-refractivity contribution in [3.63, 3.8) is 0 Å². The summed E-state index contributed by atoms with van der Waals surface area (Å²) in [5.41, 5.74) is 6.85. The van der Waals surface area contributed by atoms with Gasteiger partial charge < -0.3 is 24.5 Å². The number of carbonyl (C=O) groups is 4. The fourth-order valence-corrected chi connectivity index (χ4v) is 8.09. The van der Waals surface area contributed by atoms with E-state index in [1.54, 1.807) is 61.3 Å². The van der Waals surface area contributed by atoms with E-state index in [0.717, 1.165) is 21.9 Å². The predicted molar refractivity (Wildman–Crippen MR) is 246 cm³/mol. The van der Waals surface area contributed by atoms with Gasteiger partial charge in [-0.1, -0.05) is 97.1 Å². The summed E-state index contributed by atoms with van der Waals surface area (Å²) in [6.45, 7) is 0. The van der Waals surface area contributed by atoms with Crippen LogP contribution in [0, 0.1) is 0 Å². The minimum Gasteiger partial charge on any atom is -0.393 e. The number of nitrogens with zero attached hydrogens (tertiary/aromatic N) is 7. The Morgan fingerprint density at radius 2 is 1.06 bits per heavy atom. The maximum absolute atomic E-state index is 13.9. The van der Waals surface area contributed by atoms with Crippen LogP contribution < -0.4 is 10.6 Å². The number of aromatic nitrogens is 7. The number of ether oxygens (including phenoxy) is 1. The van der Waals surface area contributed by atoms with E-state index < -0.39 is 29.9 Å². The predicted octanol–water partition coefficient (Wildman–Crippen LogP) is 9.11. The van der Waals surface area contributed by atoms with E-state index in [9.17, 15) is 19.2 Å². The Kier molecular flexibility index (Phi) is 10.8. The minimum absolute atomic E-state index is 0.159. The summed E-state index contributed by atoms with van der Waals surface area (Å²) in [6.07, 6.45) is 5.89. The summed E-state index contributed by atoms with van der Waals surface area (Å²) in [5, 5.41) is 7.51. The van der Waals surface area contributed by atoms with E-state index in [4.69, 9.17) is 4.74 Å². The average molecular weight is 856 g/mol. The molecule has 2 amide bonds. The quantitative estimate of drug-likeness (QED) is 0.0891. The summed E-state index contributed by atoms with van der Waals surface area (Å²) in [4.78, 5) is 77.0. The van der Waals surface area contributed by atoms with Gasteiger partial charge >= 0.3 is 11.9 Å². The fourth-order valence-electron chi connectivity index (χ4n) is 8.09. The van der Waals surface area contributed by atoms with Gasteiger partial charge in [0.1, 0.15) is 11.4 Å². The lowest BCUT2D eigenvalue weighted by Gasteiger charge is -2.21. The number of benzene rings is 6. The number of imidazole rings is 2. The fraction of sp³-hybridized carbons (Fsp3) is 0.0784. The van der Waals surface area contributed by atoms with Gasteiger partial charge in [0, 0.05) is 23.0 Å². The van der Waals surface area contributed by atoms with E-state index >= 15 is 0 Å². The van der Waals surface area contributed by atoms with Crippen LogP contribution in [0.2, 0.25) is 0 Å². The standard InChI is InChI=1S/C51H37N9O5/c61-47(27-43(33-12-3-1-4-13-33)59-30-54-40-21-19-35(25-45(40)59)56-50(63)42-29-53-38-17-9-10-18-39(38)58-42)65-48(62)28-44(34-14-5-2-6-15-34)60-31-55-41-22-20-36(26-46(41)60)57-51(64)49-37-16-8-7-11-32(37)23-24-52-49/h1-26,29-31,43-44H,27-28H2,(H,56,63)(H,57,64). The molecular formula is C51H37N9O5. The normalized spacial score (nSPS) is 12.2. The van der Waals surface area contributed by atoms with Gasteiger partial charge in [0.25, 0.3) is 11.8 Å². The Morgan fingerprint density at radius 1 is 0.523 bits per heavy atom. The number of hydrogen-bond donors (Lipinski definition) is 2. The maximum Gasteiger partial charge on any atom is 0.315 e. The molecular weight excluding hydrogens is 819 g/mol. The van der Waals surface area contributed by atoms with Crippen molar-refractivity contribution in [2.75, 3.05) is 10.6 Å². The van der Waals surface area contributed by atoms with Gasteiger partial charge in [0.05, 0.1) is 76.9 Å². The molecule has 0 bridgehead atoms. The molecule has 10 rings (SSSR count). The van der Waals surface area contributed by atoms with Gasteiger partial charge in [-0.05, 0) is 71.1 Å². The van der Waals surface area contributed by atoms with E-state index in [2.05, 4.69) is 35.6 Å². The molecule has 0 fully saturated rings. The number of amides is 2. The van der Waals surface area contributed by atoms with Crippen LogP contribution in [0.25, 0.3) is 43.9 Å². The zero-order valence-electron chi connectivity index (χ0n) is 34.5. The van der Waals surface area contributed by atoms with Crippen LogP contribution in [-0.2, 0) is 14.3 Å².